The molecule has 0 saturated carbocycles. The van der Waals surface area contributed by atoms with Gasteiger partial charge < -0.3 is 9.13 Å². The molecule has 4 rings (SSSR count). The highest BCUT2D eigenvalue weighted by molar-refractivity contribution is 6.30. The van der Waals surface area contributed by atoms with Crippen molar-refractivity contribution in [2.45, 2.75) is 46.1 Å². The Hall–Kier alpha value is -2.84. The molecule has 0 bridgehead atoms. The molecule has 1 aromatic carbocycles. The van der Waals surface area contributed by atoms with Crippen molar-refractivity contribution in [3.63, 3.8) is 0 Å². The average Bonchev–Trinajstić information content (AvgIpc) is 3.10. The van der Waals surface area contributed by atoms with Gasteiger partial charge in [-0.05, 0) is 68.7 Å². The van der Waals surface area contributed by atoms with Gasteiger partial charge in [0.15, 0.2) is 5.82 Å². The first-order valence-corrected chi connectivity index (χ1v) is 9.95. The van der Waals surface area contributed by atoms with Crippen LogP contribution in [0.3, 0.4) is 0 Å². The number of rotatable bonds is 3. The maximum Gasteiger partial charge on any atom is 0.174 e. The standard InChI is InChI=1S/C22H22ClN5/c1-15-12-17(16(2)28(15)20-9-7-19(23)8-10-20)13-18(14-24)22-26-25-21-6-4-3-5-11-27(21)22/h7-10,12-13H,3-6,11H2,1-2H3/b18-13+. The first kappa shape index (κ1) is 18.5. The second kappa shape index (κ2) is 7.65. The van der Waals surface area contributed by atoms with Crippen LogP contribution in [0, 0.1) is 25.2 Å². The summed E-state index contributed by atoms with van der Waals surface area (Å²) in [4.78, 5) is 0. The predicted octanol–water partition coefficient (Wildman–Crippen LogP) is 5.13. The van der Waals surface area contributed by atoms with Crippen molar-refractivity contribution in [1.82, 2.24) is 19.3 Å². The molecule has 142 valence electrons. The van der Waals surface area contributed by atoms with E-state index < -0.39 is 0 Å². The quantitative estimate of drug-likeness (QED) is 0.581. The van der Waals surface area contributed by atoms with Crippen LogP contribution in [0.1, 0.15) is 47.9 Å². The van der Waals surface area contributed by atoms with Crippen LogP contribution in [0.5, 0.6) is 0 Å². The van der Waals surface area contributed by atoms with Crippen LogP contribution in [-0.4, -0.2) is 19.3 Å². The van der Waals surface area contributed by atoms with Crippen molar-refractivity contribution in [3.8, 4) is 11.8 Å². The molecule has 0 N–H and O–H groups in total. The van der Waals surface area contributed by atoms with E-state index in [9.17, 15) is 5.26 Å². The Labute approximate surface area is 169 Å². The largest absolute Gasteiger partial charge is 0.318 e. The van der Waals surface area contributed by atoms with E-state index in [2.05, 4.69) is 45.3 Å². The minimum Gasteiger partial charge on any atom is -0.318 e. The summed E-state index contributed by atoms with van der Waals surface area (Å²) < 4.78 is 4.28. The molecule has 0 fully saturated rings. The summed E-state index contributed by atoms with van der Waals surface area (Å²) in [5, 5.41) is 19.2. The lowest BCUT2D eigenvalue weighted by atomic mass is 10.1. The molecule has 3 aromatic rings. The summed E-state index contributed by atoms with van der Waals surface area (Å²) in [7, 11) is 0. The Kier molecular flexibility index (Phi) is 5.06. The molecule has 1 aliphatic rings. The van der Waals surface area contributed by atoms with E-state index in [4.69, 9.17) is 11.6 Å². The van der Waals surface area contributed by atoms with Crippen LogP contribution in [0.4, 0.5) is 0 Å². The lowest BCUT2D eigenvalue weighted by molar-refractivity contribution is 0.627. The van der Waals surface area contributed by atoms with E-state index in [0.717, 1.165) is 54.3 Å². The second-order valence-corrected chi connectivity index (χ2v) is 7.65. The van der Waals surface area contributed by atoms with Crippen LogP contribution >= 0.6 is 11.6 Å². The molecule has 28 heavy (non-hydrogen) atoms. The van der Waals surface area contributed by atoms with Gasteiger partial charge in [0, 0.05) is 35.1 Å². The van der Waals surface area contributed by atoms with Crippen molar-refractivity contribution in [3.05, 3.63) is 64.0 Å². The molecule has 0 spiro atoms. The summed E-state index contributed by atoms with van der Waals surface area (Å²) >= 11 is 6.03. The van der Waals surface area contributed by atoms with Crippen LogP contribution in [0.2, 0.25) is 5.02 Å². The highest BCUT2D eigenvalue weighted by Crippen LogP contribution is 2.26. The Morgan fingerprint density at radius 2 is 1.93 bits per heavy atom. The molecule has 0 unspecified atom stereocenters. The van der Waals surface area contributed by atoms with Crippen molar-refractivity contribution >= 4 is 23.3 Å². The third kappa shape index (κ3) is 3.36. The second-order valence-electron chi connectivity index (χ2n) is 7.21. The zero-order chi connectivity index (χ0) is 19.7. The van der Waals surface area contributed by atoms with E-state index >= 15 is 0 Å². The molecule has 3 heterocycles. The molecule has 0 saturated heterocycles. The summed E-state index contributed by atoms with van der Waals surface area (Å²) in [6, 6.07) is 12.2. The molecule has 0 radical (unpaired) electrons. The van der Waals surface area contributed by atoms with E-state index in [1.807, 2.05) is 30.3 Å². The van der Waals surface area contributed by atoms with Crippen molar-refractivity contribution < 1.29 is 0 Å². The normalized spacial score (nSPS) is 14.4. The third-order valence-corrected chi connectivity index (χ3v) is 5.58. The first-order chi connectivity index (χ1) is 13.6. The van der Waals surface area contributed by atoms with Crippen LogP contribution in [-0.2, 0) is 13.0 Å². The number of nitrogens with zero attached hydrogens (tertiary/aromatic N) is 5. The van der Waals surface area contributed by atoms with Crippen LogP contribution in [0.25, 0.3) is 17.3 Å². The number of allylic oxidation sites excluding steroid dienone is 1. The van der Waals surface area contributed by atoms with E-state index in [-0.39, 0.29) is 0 Å². The summed E-state index contributed by atoms with van der Waals surface area (Å²) in [6.07, 6.45) is 6.28. The smallest absolute Gasteiger partial charge is 0.174 e. The fourth-order valence-electron chi connectivity index (χ4n) is 3.91. The number of benzene rings is 1. The van der Waals surface area contributed by atoms with Gasteiger partial charge in [0.2, 0.25) is 0 Å². The van der Waals surface area contributed by atoms with Gasteiger partial charge in [-0.3, -0.25) is 0 Å². The van der Waals surface area contributed by atoms with E-state index in [1.54, 1.807) is 0 Å². The highest BCUT2D eigenvalue weighted by atomic mass is 35.5. The van der Waals surface area contributed by atoms with Crippen molar-refractivity contribution in [1.29, 1.82) is 5.26 Å². The maximum absolute atomic E-state index is 9.82. The lowest BCUT2D eigenvalue weighted by Gasteiger charge is -2.10. The summed E-state index contributed by atoms with van der Waals surface area (Å²) in [5.74, 6) is 1.66. The van der Waals surface area contributed by atoms with Crippen molar-refractivity contribution in [2.24, 2.45) is 0 Å². The van der Waals surface area contributed by atoms with Crippen molar-refractivity contribution in [2.75, 3.05) is 0 Å². The van der Waals surface area contributed by atoms with Gasteiger partial charge in [0.1, 0.15) is 11.9 Å². The fraction of sp³-hybridized carbons (Fsp3) is 0.318. The Bertz CT molecular complexity index is 1080. The number of fused-ring (bicyclic) bond motifs is 1. The number of halogens is 1. The molecule has 2 aromatic heterocycles. The first-order valence-electron chi connectivity index (χ1n) is 9.57. The molecule has 0 amide bonds. The number of aromatic nitrogens is 4. The lowest BCUT2D eigenvalue weighted by Crippen LogP contribution is -2.05. The van der Waals surface area contributed by atoms with E-state index in [1.165, 1.54) is 6.42 Å². The predicted molar refractivity (Wildman–Crippen MR) is 111 cm³/mol. The van der Waals surface area contributed by atoms with Gasteiger partial charge in [-0.1, -0.05) is 18.0 Å². The topological polar surface area (TPSA) is 59.4 Å². The Morgan fingerprint density at radius 3 is 2.68 bits per heavy atom. The van der Waals surface area contributed by atoms with Crippen LogP contribution in [0.15, 0.2) is 30.3 Å². The highest BCUT2D eigenvalue weighted by Gasteiger charge is 2.18. The van der Waals surface area contributed by atoms with E-state index in [0.29, 0.717) is 16.4 Å². The molecule has 0 aliphatic carbocycles. The Morgan fingerprint density at radius 1 is 1.14 bits per heavy atom. The van der Waals surface area contributed by atoms with Gasteiger partial charge in [-0.15, -0.1) is 10.2 Å². The molecular weight excluding hydrogens is 370 g/mol. The summed E-state index contributed by atoms with van der Waals surface area (Å²) in [6.45, 7) is 5.00. The number of hydrogen-bond donors (Lipinski definition) is 0. The monoisotopic (exact) mass is 391 g/mol. The number of hydrogen-bond acceptors (Lipinski definition) is 3. The number of nitriles is 1. The molecular formula is C22H22ClN5. The van der Waals surface area contributed by atoms with Gasteiger partial charge in [0.25, 0.3) is 0 Å². The van der Waals surface area contributed by atoms with Gasteiger partial charge in [-0.25, -0.2) is 0 Å². The van der Waals surface area contributed by atoms with Gasteiger partial charge >= 0.3 is 0 Å². The molecule has 0 atom stereocenters. The summed E-state index contributed by atoms with van der Waals surface area (Å²) in [5.41, 5.74) is 4.78. The zero-order valence-electron chi connectivity index (χ0n) is 16.1. The number of aryl methyl sites for hydroxylation is 2. The van der Waals surface area contributed by atoms with Crippen LogP contribution < -0.4 is 0 Å². The Balaban J connectivity index is 1.76. The molecule has 1 aliphatic heterocycles. The minimum absolute atomic E-state index is 0.553. The fourth-order valence-corrected chi connectivity index (χ4v) is 4.03. The zero-order valence-corrected chi connectivity index (χ0v) is 16.9. The van der Waals surface area contributed by atoms with Gasteiger partial charge in [0.05, 0.1) is 5.57 Å². The SMILES string of the molecule is Cc1cc(/C=C(\C#N)c2nnc3n2CCCCC3)c(C)n1-c1ccc(Cl)cc1. The maximum atomic E-state index is 9.82. The van der Waals surface area contributed by atoms with Gasteiger partial charge in [-0.2, -0.15) is 5.26 Å². The molecule has 5 nitrogen and oxygen atoms in total. The average molecular weight is 392 g/mol. The third-order valence-electron chi connectivity index (χ3n) is 5.33. The molecule has 6 heteroatoms. The minimum atomic E-state index is 0.553.